The summed E-state index contributed by atoms with van der Waals surface area (Å²) in [5.74, 6) is 0.327. The third kappa shape index (κ3) is 4.41. The first-order valence-corrected chi connectivity index (χ1v) is 10.2. The van der Waals surface area contributed by atoms with E-state index in [1.54, 1.807) is 0 Å². The molecular weight excluding hydrogens is 338 g/mol. The second kappa shape index (κ2) is 8.26. The fraction of sp³-hybridized carbons (Fsp3) is 0.545. The van der Waals surface area contributed by atoms with E-state index in [0.717, 1.165) is 65.1 Å². The maximum Gasteiger partial charge on any atom is 0.226 e. The van der Waals surface area contributed by atoms with Crippen LogP contribution in [-0.2, 0) is 9.59 Å². The van der Waals surface area contributed by atoms with Crippen LogP contribution in [0, 0.1) is 11.8 Å². The molecule has 3 aliphatic rings. The summed E-state index contributed by atoms with van der Waals surface area (Å²) in [6.07, 6.45) is 7.32. The molecule has 1 aromatic rings. The van der Waals surface area contributed by atoms with Gasteiger partial charge in [-0.25, -0.2) is 0 Å². The summed E-state index contributed by atoms with van der Waals surface area (Å²) in [5.41, 5.74) is 1.22. The Morgan fingerprint density at radius 2 is 1.44 bits per heavy atom. The Kier molecular flexibility index (Phi) is 5.58. The number of benzene rings is 1. The van der Waals surface area contributed by atoms with Gasteiger partial charge in [0.1, 0.15) is 0 Å². The number of carbonyl (C=O) groups excluding carboxylic acids is 2. The minimum absolute atomic E-state index is 0.0394. The second-order valence-corrected chi connectivity index (χ2v) is 7.92. The average Bonchev–Trinajstić information content (AvgIpc) is 3.32. The van der Waals surface area contributed by atoms with Gasteiger partial charge in [0.2, 0.25) is 11.8 Å². The number of rotatable bonds is 5. The van der Waals surface area contributed by atoms with Gasteiger partial charge in [-0.1, -0.05) is 42.5 Å². The van der Waals surface area contributed by atoms with E-state index >= 15 is 0 Å². The number of carbonyl (C=O) groups is 2. The molecule has 3 fully saturated rings. The standard InChI is InChI=1S/C22H29N3O2/c26-21(24-11-4-5-12-24)19-17-20(19)22(27)25-15-13-23(14-16-25)10-6-9-18-7-2-1-3-8-18/h1-3,6-9,19-20H,4-5,10-17H2/b9-6+. The van der Waals surface area contributed by atoms with Crippen molar-refractivity contribution in [3.8, 4) is 0 Å². The van der Waals surface area contributed by atoms with Crippen molar-refractivity contribution in [2.45, 2.75) is 19.3 Å². The topological polar surface area (TPSA) is 43.9 Å². The van der Waals surface area contributed by atoms with Gasteiger partial charge in [0.05, 0.1) is 11.8 Å². The van der Waals surface area contributed by atoms with Crippen LogP contribution in [0.15, 0.2) is 36.4 Å². The third-order valence-corrected chi connectivity index (χ3v) is 6.00. The molecule has 2 heterocycles. The molecule has 0 spiro atoms. The van der Waals surface area contributed by atoms with Crippen molar-refractivity contribution in [2.75, 3.05) is 45.8 Å². The smallest absolute Gasteiger partial charge is 0.226 e. The van der Waals surface area contributed by atoms with Gasteiger partial charge in [-0.2, -0.15) is 0 Å². The second-order valence-electron chi connectivity index (χ2n) is 7.92. The van der Waals surface area contributed by atoms with Crippen molar-refractivity contribution in [1.82, 2.24) is 14.7 Å². The molecule has 2 amide bonds. The molecule has 0 aromatic heterocycles. The van der Waals surface area contributed by atoms with E-state index in [-0.39, 0.29) is 23.7 Å². The molecule has 5 heteroatoms. The summed E-state index contributed by atoms with van der Waals surface area (Å²) in [7, 11) is 0. The van der Waals surface area contributed by atoms with Gasteiger partial charge >= 0.3 is 0 Å². The first kappa shape index (κ1) is 18.2. The Morgan fingerprint density at radius 3 is 2.07 bits per heavy atom. The Morgan fingerprint density at radius 1 is 0.852 bits per heavy atom. The lowest BCUT2D eigenvalue weighted by atomic mass is 10.2. The first-order chi connectivity index (χ1) is 13.2. The molecule has 1 aliphatic carbocycles. The Bertz CT molecular complexity index is 689. The van der Waals surface area contributed by atoms with E-state index in [0.29, 0.717) is 0 Å². The summed E-state index contributed by atoms with van der Waals surface area (Å²) in [6.45, 7) is 6.04. The fourth-order valence-electron chi connectivity index (χ4n) is 4.20. The van der Waals surface area contributed by atoms with Crippen molar-refractivity contribution in [3.05, 3.63) is 42.0 Å². The summed E-state index contributed by atoms with van der Waals surface area (Å²) >= 11 is 0. The predicted molar refractivity (Wildman–Crippen MR) is 106 cm³/mol. The normalized spacial score (nSPS) is 25.9. The maximum absolute atomic E-state index is 12.7. The highest BCUT2D eigenvalue weighted by Gasteiger charge is 2.51. The van der Waals surface area contributed by atoms with Crippen LogP contribution in [0.25, 0.3) is 6.08 Å². The van der Waals surface area contributed by atoms with Gasteiger partial charge < -0.3 is 9.80 Å². The monoisotopic (exact) mass is 367 g/mol. The van der Waals surface area contributed by atoms with Crippen molar-refractivity contribution >= 4 is 17.9 Å². The summed E-state index contributed by atoms with van der Waals surface area (Å²) < 4.78 is 0. The van der Waals surface area contributed by atoms with Crippen LogP contribution < -0.4 is 0 Å². The SMILES string of the molecule is O=C(C1CC1C(=O)N1CCN(C/C=C/c2ccccc2)CC1)N1CCCC1. The van der Waals surface area contributed by atoms with E-state index < -0.39 is 0 Å². The highest BCUT2D eigenvalue weighted by Crippen LogP contribution is 2.42. The van der Waals surface area contributed by atoms with E-state index in [2.05, 4.69) is 29.2 Å². The zero-order chi connectivity index (χ0) is 18.6. The van der Waals surface area contributed by atoms with Crippen LogP contribution in [-0.4, -0.2) is 72.3 Å². The van der Waals surface area contributed by atoms with E-state index in [4.69, 9.17) is 0 Å². The number of likely N-dealkylation sites (tertiary alicyclic amines) is 1. The molecule has 2 atom stereocenters. The number of hydrogen-bond donors (Lipinski definition) is 0. The molecule has 2 unspecified atom stereocenters. The minimum Gasteiger partial charge on any atom is -0.342 e. The highest BCUT2D eigenvalue weighted by molar-refractivity contribution is 5.92. The van der Waals surface area contributed by atoms with Gasteiger partial charge in [-0.15, -0.1) is 0 Å². The van der Waals surface area contributed by atoms with Crippen LogP contribution >= 0.6 is 0 Å². The lowest BCUT2D eigenvalue weighted by molar-refractivity contribution is -0.138. The number of nitrogens with zero attached hydrogens (tertiary/aromatic N) is 3. The molecule has 4 rings (SSSR count). The maximum atomic E-state index is 12.7. The van der Waals surface area contributed by atoms with Crippen LogP contribution in [0.1, 0.15) is 24.8 Å². The molecule has 1 saturated carbocycles. The summed E-state index contributed by atoms with van der Waals surface area (Å²) in [4.78, 5) is 31.5. The zero-order valence-corrected chi connectivity index (χ0v) is 15.9. The molecular formula is C22H29N3O2. The summed E-state index contributed by atoms with van der Waals surface area (Å²) in [6, 6.07) is 10.3. The molecule has 2 aliphatic heterocycles. The minimum atomic E-state index is -0.0531. The summed E-state index contributed by atoms with van der Waals surface area (Å²) in [5, 5.41) is 0. The lowest BCUT2D eigenvalue weighted by Crippen LogP contribution is -2.49. The average molecular weight is 367 g/mol. The molecule has 1 aromatic carbocycles. The Balaban J connectivity index is 1.20. The van der Waals surface area contributed by atoms with E-state index in [1.165, 1.54) is 5.56 Å². The van der Waals surface area contributed by atoms with Gasteiger partial charge in [0.15, 0.2) is 0 Å². The third-order valence-electron chi connectivity index (χ3n) is 6.00. The van der Waals surface area contributed by atoms with Crippen molar-refractivity contribution in [2.24, 2.45) is 11.8 Å². The first-order valence-electron chi connectivity index (χ1n) is 10.2. The Labute approximate surface area is 161 Å². The van der Waals surface area contributed by atoms with Crippen LogP contribution in [0.3, 0.4) is 0 Å². The van der Waals surface area contributed by atoms with Crippen LogP contribution in [0.4, 0.5) is 0 Å². The number of piperazine rings is 1. The molecule has 0 N–H and O–H groups in total. The largest absolute Gasteiger partial charge is 0.342 e. The van der Waals surface area contributed by atoms with Crippen LogP contribution in [0.2, 0.25) is 0 Å². The molecule has 0 radical (unpaired) electrons. The van der Waals surface area contributed by atoms with Crippen molar-refractivity contribution < 1.29 is 9.59 Å². The molecule has 0 bridgehead atoms. The number of amides is 2. The zero-order valence-electron chi connectivity index (χ0n) is 15.9. The lowest BCUT2D eigenvalue weighted by Gasteiger charge is -2.34. The molecule has 144 valence electrons. The van der Waals surface area contributed by atoms with Gasteiger partial charge in [0, 0.05) is 45.8 Å². The fourth-order valence-corrected chi connectivity index (χ4v) is 4.20. The molecule has 2 saturated heterocycles. The molecule has 27 heavy (non-hydrogen) atoms. The van der Waals surface area contributed by atoms with Gasteiger partial charge in [-0.3, -0.25) is 14.5 Å². The van der Waals surface area contributed by atoms with Gasteiger partial charge in [0.25, 0.3) is 0 Å². The van der Waals surface area contributed by atoms with E-state index in [1.807, 2.05) is 28.0 Å². The Hall–Kier alpha value is -2.14. The quantitative estimate of drug-likeness (QED) is 0.801. The number of hydrogen-bond acceptors (Lipinski definition) is 3. The van der Waals surface area contributed by atoms with Gasteiger partial charge in [-0.05, 0) is 24.8 Å². The van der Waals surface area contributed by atoms with Crippen molar-refractivity contribution in [1.29, 1.82) is 0 Å². The highest BCUT2D eigenvalue weighted by atomic mass is 16.2. The molecule has 5 nitrogen and oxygen atoms in total. The van der Waals surface area contributed by atoms with E-state index in [9.17, 15) is 9.59 Å². The van der Waals surface area contributed by atoms with Crippen LogP contribution in [0.5, 0.6) is 0 Å². The predicted octanol–water partition coefficient (Wildman–Crippen LogP) is 2.10. The van der Waals surface area contributed by atoms with Crippen molar-refractivity contribution in [3.63, 3.8) is 0 Å².